The van der Waals surface area contributed by atoms with Gasteiger partial charge in [0, 0.05) is 25.0 Å². The van der Waals surface area contributed by atoms with Crippen molar-refractivity contribution in [1.29, 1.82) is 0 Å². The lowest BCUT2D eigenvalue weighted by Crippen LogP contribution is -2.29. The zero-order valence-electron chi connectivity index (χ0n) is 18.0. The second-order valence-electron chi connectivity index (χ2n) is 7.23. The highest BCUT2D eigenvalue weighted by Crippen LogP contribution is 2.15. The Balaban J connectivity index is 1.62. The van der Waals surface area contributed by atoms with Crippen molar-refractivity contribution in [2.75, 3.05) is 26.0 Å². The van der Waals surface area contributed by atoms with Crippen LogP contribution in [0.1, 0.15) is 28.5 Å². The molecule has 8 heteroatoms. The molecule has 0 aliphatic carbocycles. The molecule has 0 aliphatic heterocycles. The van der Waals surface area contributed by atoms with Crippen molar-refractivity contribution in [1.82, 2.24) is 20.0 Å². The molecule has 0 atom stereocenters. The van der Waals surface area contributed by atoms with Gasteiger partial charge in [0.05, 0.1) is 12.3 Å². The van der Waals surface area contributed by atoms with Crippen molar-refractivity contribution in [3.8, 4) is 5.69 Å². The van der Waals surface area contributed by atoms with Crippen LogP contribution in [0.3, 0.4) is 0 Å². The van der Waals surface area contributed by atoms with E-state index in [-0.39, 0.29) is 11.7 Å². The van der Waals surface area contributed by atoms with Crippen LogP contribution in [0.15, 0.2) is 60.8 Å². The van der Waals surface area contributed by atoms with E-state index in [1.807, 2.05) is 44.4 Å². The van der Waals surface area contributed by atoms with Crippen LogP contribution in [0.25, 0.3) is 5.69 Å². The van der Waals surface area contributed by atoms with Crippen LogP contribution < -0.4 is 10.6 Å². The summed E-state index contributed by atoms with van der Waals surface area (Å²) in [4.78, 5) is 26.3. The Morgan fingerprint density at radius 1 is 1.06 bits per heavy atom. The maximum atomic E-state index is 12.4. The highest BCUT2D eigenvalue weighted by atomic mass is 16.5. The van der Waals surface area contributed by atoms with Crippen molar-refractivity contribution < 1.29 is 14.3 Å². The summed E-state index contributed by atoms with van der Waals surface area (Å²) in [5.74, 6) is -0.468. The van der Waals surface area contributed by atoms with Crippen molar-refractivity contribution in [3.63, 3.8) is 0 Å². The first-order chi connectivity index (χ1) is 15.0. The number of carbonyl (C=O) groups excluding carboxylic acids is 2. The second kappa shape index (κ2) is 10.4. The number of nitrogens with zero attached hydrogens (tertiary/aromatic N) is 3. The number of ether oxygens (including phenoxy) is 1. The summed E-state index contributed by atoms with van der Waals surface area (Å²) in [5, 5.41) is 9.98. The van der Waals surface area contributed by atoms with E-state index in [0.29, 0.717) is 24.5 Å². The average molecular weight is 422 g/mol. The second-order valence-corrected chi connectivity index (χ2v) is 7.23. The third-order valence-electron chi connectivity index (χ3n) is 4.49. The minimum Gasteiger partial charge on any atom is -0.461 e. The summed E-state index contributed by atoms with van der Waals surface area (Å²) >= 11 is 0. The van der Waals surface area contributed by atoms with Gasteiger partial charge in [0.25, 0.3) is 0 Å². The van der Waals surface area contributed by atoms with Crippen LogP contribution in [0, 0.1) is 0 Å². The van der Waals surface area contributed by atoms with Crippen LogP contribution in [-0.4, -0.2) is 47.4 Å². The molecule has 0 radical (unpaired) electrons. The Kier molecular flexibility index (Phi) is 7.40. The van der Waals surface area contributed by atoms with E-state index < -0.39 is 5.97 Å². The molecule has 1 heterocycles. The fourth-order valence-electron chi connectivity index (χ4n) is 3.08. The monoisotopic (exact) mass is 421 g/mol. The molecule has 2 N–H and O–H groups in total. The van der Waals surface area contributed by atoms with Crippen molar-refractivity contribution >= 4 is 17.7 Å². The fourth-order valence-corrected chi connectivity index (χ4v) is 3.08. The number of hydrogen-bond donors (Lipinski definition) is 2. The largest absolute Gasteiger partial charge is 0.461 e. The van der Waals surface area contributed by atoms with Crippen LogP contribution >= 0.6 is 0 Å². The van der Waals surface area contributed by atoms with E-state index in [4.69, 9.17) is 4.74 Å². The zero-order chi connectivity index (χ0) is 22.2. The average Bonchev–Trinajstić information content (AvgIpc) is 3.24. The van der Waals surface area contributed by atoms with Gasteiger partial charge in [0.15, 0.2) is 5.69 Å². The molecule has 3 rings (SSSR count). The van der Waals surface area contributed by atoms with E-state index in [2.05, 4.69) is 26.7 Å². The highest BCUT2D eigenvalue weighted by molar-refractivity contribution is 5.89. The summed E-state index contributed by atoms with van der Waals surface area (Å²) in [5.41, 5.74) is 3.80. The molecule has 0 fully saturated rings. The number of urea groups is 1. The van der Waals surface area contributed by atoms with Gasteiger partial charge in [-0.1, -0.05) is 30.3 Å². The van der Waals surface area contributed by atoms with Crippen LogP contribution in [-0.2, 0) is 17.8 Å². The molecule has 2 amide bonds. The summed E-state index contributed by atoms with van der Waals surface area (Å²) in [6.07, 6.45) is 1.67. The smallest absolute Gasteiger partial charge is 0.358 e. The molecule has 0 saturated heterocycles. The summed E-state index contributed by atoms with van der Waals surface area (Å²) in [6.45, 7) is 3.27. The van der Waals surface area contributed by atoms with Crippen LogP contribution in [0.4, 0.5) is 10.5 Å². The zero-order valence-corrected chi connectivity index (χ0v) is 18.0. The number of esters is 1. The Morgan fingerprint density at radius 2 is 1.84 bits per heavy atom. The normalized spacial score (nSPS) is 10.7. The summed E-state index contributed by atoms with van der Waals surface area (Å²) in [6, 6.07) is 16.5. The lowest BCUT2D eigenvalue weighted by Gasteiger charge is -2.15. The fraction of sp³-hybridized carbons (Fsp3) is 0.261. The van der Waals surface area contributed by atoms with Gasteiger partial charge in [-0.2, -0.15) is 5.10 Å². The first-order valence-electron chi connectivity index (χ1n) is 10.1. The van der Waals surface area contributed by atoms with Crippen LogP contribution in [0.5, 0.6) is 0 Å². The molecule has 31 heavy (non-hydrogen) atoms. The third kappa shape index (κ3) is 6.16. The molecule has 1 aromatic heterocycles. The third-order valence-corrected chi connectivity index (χ3v) is 4.49. The maximum absolute atomic E-state index is 12.4. The Bertz CT molecular complexity index is 1040. The van der Waals surface area contributed by atoms with Gasteiger partial charge in [0.1, 0.15) is 0 Å². The maximum Gasteiger partial charge on any atom is 0.358 e. The minimum atomic E-state index is -0.468. The van der Waals surface area contributed by atoms with E-state index in [9.17, 15) is 9.59 Å². The molecule has 0 aliphatic rings. The van der Waals surface area contributed by atoms with Gasteiger partial charge in [-0.05, 0) is 56.4 Å². The molecular weight excluding hydrogens is 394 g/mol. The quantitative estimate of drug-likeness (QED) is 0.544. The number of carbonyl (C=O) groups is 2. The molecule has 3 aromatic rings. The van der Waals surface area contributed by atoms with Gasteiger partial charge < -0.3 is 20.3 Å². The van der Waals surface area contributed by atoms with Gasteiger partial charge in [-0.3, -0.25) is 0 Å². The first kappa shape index (κ1) is 22.0. The molecule has 0 saturated carbocycles. The van der Waals surface area contributed by atoms with E-state index in [1.165, 1.54) is 5.56 Å². The SMILES string of the molecule is CCOC(=O)c1ccn(-c2cccc(NC(=O)NCc3ccccc3CN(C)C)c2)n1. The number of hydrogen-bond acceptors (Lipinski definition) is 5. The first-order valence-corrected chi connectivity index (χ1v) is 10.1. The Morgan fingerprint density at radius 3 is 2.58 bits per heavy atom. The number of nitrogens with one attached hydrogen (secondary N) is 2. The predicted octanol–water partition coefficient (Wildman–Crippen LogP) is 3.43. The summed E-state index contributed by atoms with van der Waals surface area (Å²) in [7, 11) is 4.03. The van der Waals surface area contributed by atoms with E-state index >= 15 is 0 Å². The number of benzene rings is 2. The van der Waals surface area contributed by atoms with Gasteiger partial charge in [-0.25, -0.2) is 14.3 Å². The van der Waals surface area contributed by atoms with Crippen molar-refractivity contribution in [2.24, 2.45) is 0 Å². The highest BCUT2D eigenvalue weighted by Gasteiger charge is 2.11. The number of rotatable bonds is 8. The lowest BCUT2D eigenvalue weighted by atomic mass is 10.1. The Labute approximate surface area is 181 Å². The summed E-state index contributed by atoms with van der Waals surface area (Å²) < 4.78 is 6.53. The molecule has 0 unspecified atom stereocenters. The minimum absolute atomic E-state index is 0.231. The molecule has 0 spiro atoms. The van der Waals surface area contributed by atoms with Gasteiger partial charge in [-0.15, -0.1) is 0 Å². The lowest BCUT2D eigenvalue weighted by molar-refractivity contribution is 0.0519. The molecule has 162 valence electrons. The standard InChI is InChI=1S/C23H27N5O3/c1-4-31-22(29)21-12-13-28(26-21)20-11-7-10-19(14-20)25-23(30)24-15-17-8-5-6-9-18(17)16-27(2)3/h5-14H,4,15-16H2,1-3H3,(H2,24,25,30). The molecule has 0 bridgehead atoms. The van der Waals surface area contributed by atoms with E-state index in [1.54, 1.807) is 36.0 Å². The number of amides is 2. The van der Waals surface area contributed by atoms with E-state index in [0.717, 1.165) is 12.1 Å². The van der Waals surface area contributed by atoms with Crippen molar-refractivity contribution in [3.05, 3.63) is 77.6 Å². The van der Waals surface area contributed by atoms with Crippen LogP contribution in [0.2, 0.25) is 0 Å². The molecule has 2 aromatic carbocycles. The molecule has 8 nitrogen and oxygen atoms in total. The number of anilines is 1. The topological polar surface area (TPSA) is 88.5 Å². The Hall–Kier alpha value is -3.65. The van der Waals surface area contributed by atoms with Gasteiger partial charge in [0.2, 0.25) is 0 Å². The predicted molar refractivity (Wildman–Crippen MR) is 119 cm³/mol. The van der Waals surface area contributed by atoms with Gasteiger partial charge >= 0.3 is 12.0 Å². The van der Waals surface area contributed by atoms with Crippen molar-refractivity contribution in [2.45, 2.75) is 20.0 Å². The number of aromatic nitrogens is 2. The molecular formula is C23H27N5O3.